The molecule has 2 amide bonds. The molecule has 1 aliphatic heterocycles. The van der Waals surface area contributed by atoms with E-state index in [9.17, 15) is 4.79 Å². The fourth-order valence-corrected chi connectivity index (χ4v) is 2.22. The lowest BCUT2D eigenvalue weighted by molar-refractivity contribution is 0.206. The molecular formula is C11H14ClN3O. The fraction of sp³-hybridized carbons (Fsp3) is 0.364. The molecule has 1 aromatic rings. The Kier molecular flexibility index (Phi) is 3.31. The van der Waals surface area contributed by atoms with Crippen molar-refractivity contribution in [3.63, 3.8) is 0 Å². The second-order valence-corrected chi connectivity index (χ2v) is 4.11. The molecule has 1 atom stereocenters. The van der Waals surface area contributed by atoms with Crippen LogP contribution in [-0.2, 0) is 0 Å². The molecule has 0 bridgehead atoms. The highest BCUT2D eigenvalue weighted by Crippen LogP contribution is 2.29. The first kappa shape index (κ1) is 11.2. The molecule has 4 nitrogen and oxygen atoms in total. The maximum absolute atomic E-state index is 11.6. The summed E-state index contributed by atoms with van der Waals surface area (Å²) < 4.78 is 0. The third-order valence-corrected chi connectivity index (χ3v) is 3.06. The van der Waals surface area contributed by atoms with Gasteiger partial charge in [-0.05, 0) is 11.6 Å². The van der Waals surface area contributed by atoms with E-state index in [0.29, 0.717) is 24.7 Å². The van der Waals surface area contributed by atoms with Crippen LogP contribution in [0.2, 0.25) is 5.02 Å². The summed E-state index contributed by atoms with van der Waals surface area (Å²) in [5.74, 6) is 0. The number of halogens is 1. The number of nitrogens with zero attached hydrogens (tertiary/aromatic N) is 1. The molecule has 5 heteroatoms. The number of rotatable bonds is 3. The van der Waals surface area contributed by atoms with Crippen molar-refractivity contribution in [3.05, 3.63) is 34.9 Å². The van der Waals surface area contributed by atoms with Crippen LogP contribution in [-0.4, -0.2) is 30.6 Å². The summed E-state index contributed by atoms with van der Waals surface area (Å²) in [6.45, 7) is 1.58. The van der Waals surface area contributed by atoms with E-state index in [4.69, 9.17) is 17.3 Å². The first-order chi connectivity index (χ1) is 7.74. The van der Waals surface area contributed by atoms with E-state index in [1.807, 2.05) is 24.3 Å². The zero-order valence-electron chi connectivity index (χ0n) is 8.82. The molecule has 1 aromatic carbocycles. The Morgan fingerprint density at radius 3 is 2.94 bits per heavy atom. The van der Waals surface area contributed by atoms with Gasteiger partial charge in [-0.3, -0.25) is 0 Å². The highest BCUT2D eigenvalue weighted by atomic mass is 35.5. The van der Waals surface area contributed by atoms with Crippen LogP contribution in [0.25, 0.3) is 0 Å². The molecule has 0 spiro atoms. The Morgan fingerprint density at radius 2 is 2.25 bits per heavy atom. The molecule has 0 radical (unpaired) electrons. The van der Waals surface area contributed by atoms with Gasteiger partial charge in [-0.1, -0.05) is 29.8 Å². The van der Waals surface area contributed by atoms with Crippen LogP contribution in [0.15, 0.2) is 24.3 Å². The number of hydrogen-bond acceptors (Lipinski definition) is 2. The number of carbonyl (C=O) groups excluding carboxylic acids is 1. The molecule has 1 unspecified atom stereocenters. The molecule has 16 heavy (non-hydrogen) atoms. The summed E-state index contributed by atoms with van der Waals surface area (Å²) >= 11 is 6.12. The summed E-state index contributed by atoms with van der Waals surface area (Å²) in [6.07, 6.45) is 0. The van der Waals surface area contributed by atoms with Crippen LogP contribution in [0.5, 0.6) is 0 Å². The van der Waals surface area contributed by atoms with Crippen LogP contribution >= 0.6 is 11.6 Å². The molecule has 86 valence electrons. The molecule has 1 fully saturated rings. The molecule has 1 saturated heterocycles. The minimum Gasteiger partial charge on any atom is -0.336 e. The van der Waals surface area contributed by atoms with Crippen molar-refractivity contribution < 1.29 is 4.79 Å². The molecular weight excluding hydrogens is 226 g/mol. The quantitative estimate of drug-likeness (QED) is 0.837. The number of benzene rings is 1. The van der Waals surface area contributed by atoms with Crippen LogP contribution in [0.4, 0.5) is 4.79 Å². The maximum Gasteiger partial charge on any atom is 0.318 e. The number of hydrogen-bond donors (Lipinski definition) is 2. The average molecular weight is 240 g/mol. The van der Waals surface area contributed by atoms with E-state index < -0.39 is 0 Å². The molecule has 0 aromatic heterocycles. The van der Waals surface area contributed by atoms with E-state index in [1.54, 1.807) is 4.90 Å². The van der Waals surface area contributed by atoms with Gasteiger partial charge in [-0.2, -0.15) is 0 Å². The molecule has 3 N–H and O–H groups in total. The van der Waals surface area contributed by atoms with Crippen molar-refractivity contribution >= 4 is 17.6 Å². The molecule has 2 rings (SSSR count). The third-order valence-electron chi connectivity index (χ3n) is 2.72. The van der Waals surface area contributed by atoms with Crippen LogP contribution in [0.1, 0.15) is 11.6 Å². The van der Waals surface area contributed by atoms with Gasteiger partial charge in [0.25, 0.3) is 0 Å². The minimum atomic E-state index is -0.0737. The maximum atomic E-state index is 11.6. The Labute approximate surface area is 99.4 Å². The predicted molar refractivity (Wildman–Crippen MR) is 63.4 cm³/mol. The van der Waals surface area contributed by atoms with Gasteiger partial charge in [0.1, 0.15) is 0 Å². The standard InChI is InChI=1S/C11H14ClN3O/c12-9-4-2-1-3-8(9)10-7-14-11(16)15(10)6-5-13/h1-4,10H,5-7,13H2,(H,14,16). The van der Waals surface area contributed by atoms with Crippen LogP contribution in [0.3, 0.4) is 0 Å². The van der Waals surface area contributed by atoms with Crippen molar-refractivity contribution in [3.8, 4) is 0 Å². The largest absolute Gasteiger partial charge is 0.336 e. The monoisotopic (exact) mass is 239 g/mol. The highest BCUT2D eigenvalue weighted by Gasteiger charge is 2.31. The van der Waals surface area contributed by atoms with Gasteiger partial charge in [-0.25, -0.2) is 4.79 Å². The van der Waals surface area contributed by atoms with E-state index in [1.165, 1.54) is 0 Å². The topological polar surface area (TPSA) is 58.4 Å². The number of amides is 2. The Balaban J connectivity index is 2.27. The van der Waals surface area contributed by atoms with Crippen molar-refractivity contribution in [2.45, 2.75) is 6.04 Å². The molecule has 1 heterocycles. The van der Waals surface area contributed by atoms with Crippen molar-refractivity contribution in [2.24, 2.45) is 5.73 Å². The number of urea groups is 1. The molecule has 0 saturated carbocycles. The molecule has 0 aliphatic carbocycles. The number of nitrogens with two attached hydrogens (primary N) is 1. The lowest BCUT2D eigenvalue weighted by atomic mass is 10.1. The minimum absolute atomic E-state index is 0.00949. The van der Waals surface area contributed by atoms with E-state index >= 15 is 0 Å². The molecule has 1 aliphatic rings. The summed E-state index contributed by atoms with van der Waals surface area (Å²) in [6, 6.07) is 7.49. The van der Waals surface area contributed by atoms with Gasteiger partial charge in [0.15, 0.2) is 0 Å². The van der Waals surface area contributed by atoms with E-state index in [2.05, 4.69) is 5.32 Å². The zero-order chi connectivity index (χ0) is 11.5. The lowest BCUT2D eigenvalue weighted by Gasteiger charge is -2.23. The highest BCUT2D eigenvalue weighted by molar-refractivity contribution is 6.31. The van der Waals surface area contributed by atoms with Crippen molar-refractivity contribution in [1.29, 1.82) is 0 Å². The second kappa shape index (κ2) is 4.72. The summed E-state index contributed by atoms with van der Waals surface area (Å²) in [7, 11) is 0. The van der Waals surface area contributed by atoms with Crippen molar-refractivity contribution in [1.82, 2.24) is 10.2 Å². The normalized spacial score (nSPS) is 20.0. The lowest BCUT2D eigenvalue weighted by Crippen LogP contribution is -2.34. The zero-order valence-corrected chi connectivity index (χ0v) is 9.57. The predicted octanol–water partition coefficient (Wildman–Crippen LogP) is 1.36. The van der Waals surface area contributed by atoms with Crippen LogP contribution in [0, 0.1) is 0 Å². The van der Waals surface area contributed by atoms with Crippen LogP contribution < -0.4 is 11.1 Å². The Morgan fingerprint density at radius 1 is 1.50 bits per heavy atom. The SMILES string of the molecule is NCCN1C(=O)NCC1c1ccccc1Cl. The van der Waals surface area contributed by atoms with Gasteiger partial charge in [0.05, 0.1) is 6.04 Å². The fourth-order valence-electron chi connectivity index (χ4n) is 1.96. The third kappa shape index (κ3) is 1.99. The Hall–Kier alpha value is -1.26. The summed E-state index contributed by atoms with van der Waals surface area (Å²) in [5, 5.41) is 3.49. The van der Waals surface area contributed by atoms with Gasteiger partial charge >= 0.3 is 6.03 Å². The van der Waals surface area contributed by atoms with Gasteiger partial charge in [0.2, 0.25) is 0 Å². The second-order valence-electron chi connectivity index (χ2n) is 3.71. The van der Waals surface area contributed by atoms with Gasteiger partial charge < -0.3 is 16.0 Å². The average Bonchev–Trinajstić information content (AvgIpc) is 2.62. The first-order valence-corrected chi connectivity index (χ1v) is 5.61. The number of carbonyl (C=O) groups is 1. The Bertz CT molecular complexity index is 397. The summed E-state index contributed by atoms with van der Waals surface area (Å²) in [4.78, 5) is 13.3. The number of nitrogens with one attached hydrogen (secondary N) is 1. The first-order valence-electron chi connectivity index (χ1n) is 5.23. The van der Waals surface area contributed by atoms with Crippen molar-refractivity contribution in [2.75, 3.05) is 19.6 Å². The smallest absolute Gasteiger partial charge is 0.318 e. The van der Waals surface area contributed by atoms with E-state index in [0.717, 1.165) is 5.56 Å². The summed E-state index contributed by atoms with van der Waals surface area (Å²) in [5.41, 5.74) is 6.46. The van der Waals surface area contributed by atoms with Gasteiger partial charge in [-0.15, -0.1) is 0 Å². The van der Waals surface area contributed by atoms with E-state index in [-0.39, 0.29) is 12.1 Å². The van der Waals surface area contributed by atoms with Gasteiger partial charge in [0, 0.05) is 24.7 Å².